The molecule has 2 aliphatic heterocycles. The molecule has 2 saturated heterocycles. The lowest BCUT2D eigenvalue weighted by atomic mass is 10.1. The fourth-order valence-corrected chi connectivity index (χ4v) is 1.66. The van der Waals surface area contributed by atoms with Crippen molar-refractivity contribution in [2.45, 2.75) is 25.0 Å². The first-order valence-electron chi connectivity index (χ1n) is 4.36. The van der Waals surface area contributed by atoms with Crippen LogP contribution in [-0.4, -0.2) is 48.5 Å². The fourth-order valence-electron chi connectivity index (χ4n) is 1.66. The molecule has 2 heterocycles. The highest BCUT2D eigenvalue weighted by Gasteiger charge is 2.27. The summed E-state index contributed by atoms with van der Waals surface area (Å²) in [7, 11) is 0. The van der Waals surface area contributed by atoms with Crippen LogP contribution in [0.2, 0.25) is 0 Å². The minimum absolute atomic E-state index is 0.0949. The maximum Gasteiger partial charge on any atom is 0.0936 e. The summed E-state index contributed by atoms with van der Waals surface area (Å²) in [5, 5.41) is 9.33. The van der Waals surface area contributed by atoms with E-state index in [1.807, 2.05) is 0 Å². The molecule has 0 bridgehead atoms. The molecule has 2 fully saturated rings. The molecule has 0 aromatic rings. The average molecular weight is 157 g/mol. The van der Waals surface area contributed by atoms with E-state index in [0.717, 1.165) is 39.1 Å². The van der Waals surface area contributed by atoms with E-state index in [1.165, 1.54) is 0 Å². The minimum Gasteiger partial charge on any atom is -0.392 e. The molecule has 0 amide bonds. The van der Waals surface area contributed by atoms with Gasteiger partial charge >= 0.3 is 0 Å². The molecule has 1 unspecified atom stereocenters. The van der Waals surface area contributed by atoms with Crippen LogP contribution in [0.25, 0.3) is 0 Å². The quantitative estimate of drug-likeness (QED) is 0.566. The maximum atomic E-state index is 9.33. The smallest absolute Gasteiger partial charge is 0.0936 e. The predicted molar refractivity (Wildman–Crippen MR) is 41.4 cm³/mol. The molecule has 1 N–H and O–H groups in total. The Labute approximate surface area is 66.9 Å². The molecular weight excluding hydrogens is 142 g/mol. The molecule has 0 aliphatic carbocycles. The molecule has 0 spiro atoms. The van der Waals surface area contributed by atoms with Gasteiger partial charge in [0.05, 0.1) is 18.8 Å². The Morgan fingerprint density at radius 3 is 3.00 bits per heavy atom. The predicted octanol–water partition coefficient (Wildman–Crippen LogP) is -0.158. The molecule has 2 atom stereocenters. The number of epoxide rings is 1. The summed E-state index contributed by atoms with van der Waals surface area (Å²) in [4.78, 5) is 2.30. The lowest BCUT2D eigenvalue weighted by Gasteiger charge is -2.29. The Balaban J connectivity index is 1.73. The van der Waals surface area contributed by atoms with Crippen LogP contribution in [-0.2, 0) is 4.74 Å². The van der Waals surface area contributed by atoms with Crippen molar-refractivity contribution in [1.82, 2.24) is 4.90 Å². The van der Waals surface area contributed by atoms with Crippen LogP contribution < -0.4 is 0 Å². The number of aliphatic hydroxyl groups excluding tert-OH is 1. The first kappa shape index (κ1) is 7.53. The highest BCUT2D eigenvalue weighted by atomic mass is 16.6. The second-order valence-corrected chi connectivity index (χ2v) is 3.51. The van der Waals surface area contributed by atoms with Gasteiger partial charge in [0.1, 0.15) is 0 Å². The second-order valence-electron chi connectivity index (χ2n) is 3.51. The van der Waals surface area contributed by atoms with Crippen LogP contribution >= 0.6 is 0 Å². The van der Waals surface area contributed by atoms with Gasteiger partial charge in [-0.1, -0.05) is 0 Å². The van der Waals surface area contributed by atoms with Crippen LogP contribution in [0.1, 0.15) is 12.8 Å². The van der Waals surface area contributed by atoms with Crippen molar-refractivity contribution in [2.24, 2.45) is 0 Å². The van der Waals surface area contributed by atoms with E-state index >= 15 is 0 Å². The fraction of sp³-hybridized carbons (Fsp3) is 1.00. The molecule has 3 nitrogen and oxygen atoms in total. The number of β-amino-alcohol motifs (C(OH)–C–C–N with tert-alkyl or cyclic N) is 1. The highest BCUT2D eigenvalue weighted by Crippen LogP contribution is 2.15. The number of likely N-dealkylation sites (tertiary alicyclic amines) is 1. The SMILES string of the molecule is OC1CCCN(C[C@H]2CO2)C1. The zero-order valence-electron chi connectivity index (χ0n) is 6.70. The van der Waals surface area contributed by atoms with Gasteiger partial charge < -0.3 is 9.84 Å². The summed E-state index contributed by atoms with van der Waals surface area (Å²) in [5.41, 5.74) is 0. The van der Waals surface area contributed by atoms with Crippen molar-refractivity contribution in [3.8, 4) is 0 Å². The van der Waals surface area contributed by atoms with E-state index in [4.69, 9.17) is 4.74 Å². The maximum absolute atomic E-state index is 9.33. The molecular formula is C8H15NO2. The third-order valence-electron chi connectivity index (χ3n) is 2.34. The highest BCUT2D eigenvalue weighted by molar-refractivity contribution is 4.78. The summed E-state index contributed by atoms with van der Waals surface area (Å²) in [5.74, 6) is 0. The van der Waals surface area contributed by atoms with Crippen LogP contribution in [0.3, 0.4) is 0 Å². The Hall–Kier alpha value is -0.120. The average Bonchev–Trinajstić information content (AvgIpc) is 2.71. The van der Waals surface area contributed by atoms with Gasteiger partial charge in [-0.15, -0.1) is 0 Å². The number of nitrogens with zero attached hydrogens (tertiary/aromatic N) is 1. The van der Waals surface area contributed by atoms with Crippen molar-refractivity contribution >= 4 is 0 Å². The van der Waals surface area contributed by atoms with Gasteiger partial charge in [0.25, 0.3) is 0 Å². The van der Waals surface area contributed by atoms with Crippen molar-refractivity contribution < 1.29 is 9.84 Å². The zero-order chi connectivity index (χ0) is 7.68. The van der Waals surface area contributed by atoms with Gasteiger partial charge in [-0.05, 0) is 19.4 Å². The summed E-state index contributed by atoms with van der Waals surface area (Å²) in [6, 6.07) is 0. The Kier molecular flexibility index (Phi) is 2.11. The van der Waals surface area contributed by atoms with Gasteiger partial charge in [0.2, 0.25) is 0 Å². The van der Waals surface area contributed by atoms with Crippen molar-refractivity contribution in [3.63, 3.8) is 0 Å². The summed E-state index contributed by atoms with van der Waals surface area (Å²) in [6.45, 7) is 3.93. The summed E-state index contributed by atoms with van der Waals surface area (Å²) < 4.78 is 5.12. The number of rotatable bonds is 2. The van der Waals surface area contributed by atoms with E-state index < -0.39 is 0 Å². The van der Waals surface area contributed by atoms with Crippen molar-refractivity contribution in [2.75, 3.05) is 26.2 Å². The van der Waals surface area contributed by atoms with Gasteiger partial charge in [-0.25, -0.2) is 0 Å². The molecule has 0 radical (unpaired) electrons. The van der Waals surface area contributed by atoms with Crippen LogP contribution in [0.4, 0.5) is 0 Å². The Morgan fingerprint density at radius 2 is 2.36 bits per heavy atom. The van der Waals surface area contributed by atoms with Crippen molar-refractivity contribution in [1.29, 1.82) is 0 Å². The molecule has 2 aliphatic rings. The first-order valence-corrected chi connectivity index (χ1v) is 4.36. The third kappa shape index (κ3) is 2.15. The van der Waals surface area contributed by atoms with Crippen molar-refractivity contribution in [3.05, 3.63) is 0 Å². The largest absolute Gasteiger partial charge is 0.392 e. The summed E-state index contributed by atoms with van der Waals surface area (Å²) in [6.07, 6.45) is 2.48. The number of ether oxygens (including phenoxy) is 1. The van der Waals surface area contributed by atoms with E-state index in [-0.39, 0.29) is 6.10 Å². The number of aliphatic hydroxyl groups is 1. The van der Waals surface area contributed by atoms with Gasteiger partial charge in [0, 0.05) is 13.1 Å². The lowest BCUT2D eigenvalue weighted by molar-refractivity contribution is 0.0670. The molecule has 0 saturated carbocycles. The van der Waals surface area contributed by atoms with Gasteiger partial charge in [0.15, 0.2) is 0 Å². The lowest BCUT2D eigenvalue weighted by Crippen LogP contribution is -2.40. The van der Waals surface area contributed by atoms with E-state index in [0.29, 0.717) is 6.10 Å². The van der Waals surface area contributed by atoms with Crippen LogP contribution in [0.15, 0.2) is 0 Å². The van der Waals surface area contributed by atoms with Crippen LogP contribution in [0.5, 0.6) is 0 Å². The minimum atomic E-state index is -0.0949. The van der Waals surface area contributed by atoms with E-state index in [9.17, 15) is 5.11 Å². The number of hydrogen-bond acceptors (Lipinski definition) is 3. The molecule has 3 heteroatoms. The van der Waals surface area contributed by atoms with Gasteiger partial charge in [-0.2, -0.15) is 0 Å². The topological polar surface area (TPSA) is 36.0 Å². The Morgan fingerprint density at radius 1 is 1.55 bits per heavy atom. The normalized spacial score (nSPS) is 39.0. The van der Waals surface area contributed by atoms with E-state index in [2.05, 4.69) is 4.90 Å². The molecule has 2 rings (SSSR count). The Bertz CT molecular complexity index is 134. The summed E-state index contributed by atoms with van der Waals surface area (Å²) >= 11 is 0. The molecule has 64 valence electrons. The number of hydrogen-bond donors (Lipinski definition) is 1. The van der Waals surface area contributed by atoms with Gasteiger partial charge in [-0.3, -0.25) is 4.90 Å². The second kappa shape index (κ2) is 3.09. The first-order chi connectivity index (χ1) is 5.34. The zero-order valence-corrected chi connectivity index (χ0v) is 6.70. The third-order valence-corrected chi connectivity index (χ3v) is 2.34. The molecule has 0 aromatic carbocycles. The molecule has 0 aromatic heterocycles. The standard InChI is InChI=1S/C8H15NO2/c10-7-2-1-3-9(4-7)5-8-6-11-8/h7-8,10H,1-6H2/t7?,8-/m0/s1. The monoisotopic (exact) mass is 157 g/mol. The molecule has 11 heavy (non-hydrogen) atoms. The number of piperidine rings is 1. The van der Waals surface area contributed by atoms with E-state index in [1.54, 1.807) is 0 Å². The van der Waals surface area contributed by atoms with Crippen LogP contribution in [0, 0.1) is 0 Å².